The standard InChI is InChI=1S/C12H25NO/c1-10(9-14-4)12(13)7-5-11(2,3)6-8-12/h10H,5-9,13H2,1-4H3. The minimum absolute atomic E-state index is 0.0194. The lowest BCUT2D eigenvalue weighted by molar-refractivity contribution is 0.0677. The Balaban J connectivity index is 2.52. The molecule has 0 bridgehead atoms. The molecule has 0 amide bonds. The second-order valence-electron chi connectivity index (χ2n) is 5.75. The molecule has 1 aliphatic rings. The first-order valence-electron chi connectivity index (χ1n) is 5.67. The maximum absolute atomic E-state index is 6.43. The van der Waals surface area contributed by atoms with Gasteiger partial charge in [0.2, 0.25) is 0 Å². The topological polar surface area (TPSA) is 35.2 Å². The molecule has 84 valence electrons. The molecule has 0 heterocycles. The molecule has 1 unspecified atom stereocenters. The number of hydrogen-bond donors (Lipinski definition) is 1. The molecule has 0 saturated heterocycles. The van der Waals surface area contributed by atoms with E-state index in [1.54, 1.807) is 7.11 Å². The predicted molar refractivity (Wildman–Crippen MR) is 60.2 cm³/mol. The Morgan fingerprint density at radius 3 is 2.14 bits per heavy atom. The van der Waals surface area contributed by atoms with Gasteiger partial charge in [0.25, 0.3) is 0 Å². The highest BCUT2D eigenvalue weighted by Gasteiger charge is 2.38. The molecule has 2 N–H and O–H groups in total. The summed E-state index contributed by atoms with van der Waals surface area (Å²) in [5.74, 6) is 0.476. The summed E-state index contributed by atoms with van der Waals surface area (Å²) < 4.78 is 5.19. The first-order chi connectivity index (χ1) is 6.40. The van der Waals surface area contributed by atoms with E-state index in [-0.39, 0.29) is 5.54 Å². The van der Waals surface area contributed by atoms with Crippen LogP contribution in [0.5, 0.6) is 0 Å². The summed E-state index contributed by atoms with van der Waals surface area (Å²) in [7, 11) is 1.76. The Kier molecular flexibility index (Phi) is 3.59. The highest BCUT2D eigenvalue weighted by atomic mass is 16.5. The molecule has 0 aromatic heterocycles. The van der Waals surface area contributed by atoms with Crippen LogP contribution in [0.4, 0.5) is 0 Å². The van der Waals surface area contributed by atoms with Crippen LogP contribution >= 0.6 is 0 Å². The lowest BCUT2D eigenvalue weighted by Gasteiger charge is -2.44. The first-order valence-corrected chi connectivity index (χ1v) is 5.67. The van der Waals surface area contributed by atoms with Gasteiger partial charge in [0.05, 0.1) is 6.61 Å². The first kappa shape index (κ1) is 12.0. The molecule has 1 aliphatic carbocycles. The fourth-order valence-corrected chi connectivity index (χ4v) is 2.30. The summed E-state index contributed by atoms with van der Waals surface area (Å²) in [5.41, 5.74) is 6.94. The highest BCUT2D eigenvalue weighted by molar-refractivity contribution is 4.95. The highest BCUT2D eigenvalue weighted by Crippen LogP contribution is 2.41. The summed E-state index contributed by atoms with van der Waals surface area (Å²) in [5, 5.41) is 0. The van der Waals surface area contributed by atoms with Crippen LogP contribution < -0.4 is 5.73 Å². The fourth-order valence-electron chi connectivity index (χ4n) is 2.30. The predicted octanol–water partition coefficient (Wildman–Crippen LogP) is 2.57. The summed E-state index contributed by atoms with van der Waals surface area (Å²) >= 11 is 0. The average Bonchev–Trinajstić information content (AvgIpc) is 2.11. The molecule has 14 heavy (non-hydrogen) atoms. The van der Waals surface area contributed by atoms with Crippen molar-refractivity contribution in [1.29, 1.82) is 0 Å². The van der Waals surface area contributed by atoms with Crippen LogP contribution in [-0.2, 0) is 4.74 Å². The van der Waals surface area contributed by atoms with Crippen molar-refractivity contribution >= 4 is 0 Å². The average molecular weight is 199 g/mol. The largest absolute Gasteiger partial charge is 0.384 e. The zero-order valence-electron chi connectivity index (χ0n) is 10.1. The molecule has 2 nitrogen and oxygen atoms in total. The third-order valence-electron chi connectivity index (χ3n) is 3.93. The summed E-state index contributed by atoms with van der Waals surface area (Å²) in [6.45, 7) is 7.68. The minimum Gasteiger partial charge on any atom is -0.384 e. The van der Waals surface area contributed by atoms with E-state index in [1.165, 1.54) is 12.8 Å². The Labute approximate surface area is 88.2 Å². The van der Waals surface area contributed by atoms with E-state index in [9.17, 15) is 0 Å². The zero-order chi connectivity index (χ0) is 10.8. The lowest BCUT2D eigenvalue weighted by Crippen LogP contribution is -2.51. The van der Waals surface area contributed by atoms with E-state index in [2.05, 4.69) is 20.8 Å². The van der Waals surface area contributed by atoms with Gasteiger partial charge in [-0.1, -0.05) is 20.8 Å². The molecule has 0 spiro atoms. The Hall–Kier alpha value is -0.0800. The molecule has 1 rings (SSSR count). The van der Waals surface area contributed by atoms with E-state index in [1.807, 2.05) is 0 Å². The van der Waals surface area contributed by atoms with Crippen LogP contribution in [0.15, 0.2) is 0 Å². The Bertz CT molecular complexity index is 179. The van der Waals surface area contributed by atoms with E-state index in [0.717, 1.165) is 19.4 Å². The van der Waals surface area contributed by atoms with Crippen molar-refractivity contribution < 1.29 is 4.74 Å². The Morgan fingerprint density at radius 1 is 1.21 bits per heavy atom. The van der Waals surface area contributed by atoms with Crippen LogP contribution in [0, 0.1) is 11.3 Å². The molecule has 1 atom stereocenters. The van der Waals surface area contributed by atoms with Crippen molar-refractivity contribution in [3.05, 3.63) is 0 Å². The van der Waals surface area contributed by atoms with Gasteiger partial charge < -0.3 is 10.5 Å². The van der Waals surface area contributed by atoms with Gasteiger partial charge in [0.15, 0.2) is 0 Å². The number of rotatable bonds is 3. The second kappa shape index (κ2) is 4.19. The minimum atomic E-state index is 0.0194. The number of ether oxygens (including phenoxy) is 1. The van der Waals surface area contributed by atoms with Gasteiger partial charge in [0.1, 0.15) is 0 Å². The maximum atomic E-state index is 6.43. The van der Waals surface area contributed by atoms with Crippen molar-refractivity contribution in [2.45, 2.75) is 52.0 Å². The van der Waals surface area contributed by atoms with E-state index in [4.69, 9.17) is 10.5 Å². The third-order valence-corrected chi connectivity index (χ3v) is 3.93. The summed E-state index contributed by atoms with van der Waals surface area (Å²) in [6.07, 6.45) is 4.78. The van der Waals surface area contributed by atoms with Crippen molar-refractivity contribution in [3.8, 4) is 0 Å². The molecule has 0 aliphatic heterocycles. The summed E-state index contributed by atoms with van der Waals surface area (Å²) in [6, 6.07) is 0. The lowest BCUT2D eigenvalue weighted by atomic mass is 9.66. The quantitative estimate of drug-likeness (QED) is 0.758. The zero-order valence-corrected chi connectivity index (χ0v) is 10.1. The molecule has 0 radical (unpaired) electrons. The normalized spacial score (nSPS) is 27.2. The molecule has 1 fully saturated rings. The van der Waals surface area contributed by atoms with E-state index < -0.39 is 0 Å². The van der Waals surface area contributed by atoms with Gasteiger partial charge in [-0.2, -0.15) is 0 Å². The molecule has 0 aromatic rings. The van der Waals surface area contributed by atoms with Crippen LogP contribution in [0.2, 0.25) is 0 Å². The molecular weight excluding hydrogens is 174 g/mol. The number of methoxy groups -OCH3 is 1. The van der Waals surface area contributed by atoms with Crippen LogP contribution in [0.25, 0.3) is 0 Å². The molecule has 1 saturated carbocycles. The van der Waals surface area contributed by atoms with Gasteiger partial charge in [-0.3, -0.25) is 0 Å². The monoisotopic (exact) mass is 199 g/mol. The SMILES string of the molecule is COCC(C)C1(N)CCC(C)(C)CC1. The molecular formula is C12H25NO. The maximum Gasteiger partial charge on any atom is 0.0505 e. The number of hydrogen-bond acceptors (Lipinski definition) is 2. The van der Waals surface area contributed by atoms with Gasteiger partial charge in [-0.15, -0.1) is 0 Å². The summed E-state index contributed by atoms with van der Waals surface area (Å²) in [4.78, 5) is 0. The van der Waals surface area contributed by atoms with Crippen molar-refractivity contribution in [3.63, 3.8) is 0 Å². The van der Waals surface area contributed by atoms with Crippen LogP contribution in [0.1, 0.15) is 46.5 Å². The number of nitrogens with two attached hydrogens (primary N) is 1. The second-order valence-corrected chi connectivity index (χ2v) is 5.75. The van der Waals surface area contributed by atoms with E-state index >= 15 is 0 Å². The van der Waals surface area contributed by atoms with E-state index in [0.29, 0.717) is 11.3 Å². The van der Waals surface area contributed by atoms with Gasteiger partial charge in [-0.25, -0.2) is 0 Å². The Morgan fingerprint density at radius 2 is 1.71 bits per heavy atom. The fraction of sp³-hybridized carbons (Fsp3) is 1.00. The van der Waals surface area contributed by atoms with Gasteiger partial charge in [-0.05, 0) is 37.0 Å². The molecule has 0 aromatic carbocycles. The molecule has 2 heteroatoms. The van der Waals surface area contributed by atoms with Crippen LogP contribution in [-0.4, -0.2) is 19.3 Å². The smallest absolute Gasteiger partial charge is 0.0505 e. The van der Waals surface area contributed by atoms with Crippen molar-refractivity contribution in [2.24, 2.45) is 17.1 Å². The third kappa shape index (κ3) is 2.71. The van der Waals surface area contributed by atoms with Crippen molar-refractivity contribution in [2.75, 3.05) is 13.7 Å². The van der Waals surface area contributed by atoms with Gasteiger partial charge >= 0.3 is 0 Å². The van der Waals surface area contributed by atoms with Crippen molar-refractivity contribution in [1.82, 2.24) is 0 Å². The van der Waals surface area contributed by atoms with Crippen LogP contribution in [0.3, 0.4) is 0 Å². The van der Waals surface area contributed by atoms with Gasteiger partial charge in [0, 0.05) is 12.6 Å².